The maximum Gasteiger partial charge on any atom is 0.221 e. The molecule has 2 rings (SSSR count). The van der Waals surface area contributed by atoms with Gasteiger partial charge in [-0.2, -0.15) is 0 Å². The third-order valence-electron chi connectivity index (χ3n) is 3.61. The molecule has 2 aromatic carbocycles. The predicted molar refractivity (Wildman–Crippen MR) is 94.0 cm³/mol. The predicted octanol–water partition coefficient (Wildman–Crippen LogP) is 3.16. The van der Waals surface area contributed by atoms with E-state index in [-0.39, 0.29) is 5.91 Å². The first-order valence-electron chi connectivity index (χ1n) is 7.88. The van der Waals surface area contributed by atoms with Crippen molar-refractivity contribution in [1.29, 1.82) is 0 Å². The van der Waals surface area contributed by atoms with E-state index < -0.39 is 0 Å². The van der Waals surface area contributed by atoms with Crippen LogP contribution in [-0.2, 0) is 11.2 Å². The molecule has 1 amide bonds. The topological polar surface area (TPSA) is 50.4 Å². The largest absolute Gasteiger partial charge is 0.496 e. The summed E-state index contributed by atoms with van der Waals surface area (Å²) in [7, 11) is 1.67. The van der Waals surface area contributed by atoms with Crippen LogP contribution >= 0.6 is 0 Å². The average molecular weight is 312 g/mol. The highest BCUT2D eigenvalue weighted by molar-refractivity contribution is 5.76. The second kappa shape index (κ2) is 8.83. The van der Waals surface area contributed by atoms with Gasteiger partial charge in [0.1, 0.15) is 5.75 Å². The van der Waals surface area contributed by atoms with E-state index in [4.69, 9.17) is 4.74 Å². The van der Waals surface area contributed by atoms with Crippen LogP contribution in [0.1, 0.15) is 17.5 Å². The number of para-hydroxylation sites is 1. The number of nitrogens with one attached hydrogen (secondary N) is 2. The molecule has 0 atom stereocenters. The van der Waals surface area contributed by atoms with Crippen molar-refractivity contribution in [3.8, 4) is 5.75 Å². The maximum atomic E-state index is 11.9. The third kappa shape index (κ3) is 5.66. The zero-order valence-electron chi connectivity index (χ0n) is 13.8. The lowest BCUT2D eigenvalue weighted by Gasteiger charge is -2.11. The number of carbonyl (C=O) groups excluding carboxylic acids is 1. The van der Waals surface area contributed by atoms with Gasteiger partial charge in [-0.15, -0.1) is 0 Å². The molecule has 0 fully saturated rings. The molecule has 0 heterocycles. The van der Waals surface area contributed by atoms with Gasteiger partial charge in [0.25, 0.3) is 0 Å². The Morgan fingerprint density at radius 2 is 1.87 bits per heavy atom. The van der Waals surface area contributed by atoms with E-state index in [1.807, 2.05) is 42.5 Å². The molecule has 122 valence electrons. The Balaban J connectivity index is 1.70. The summed E-state index contributed by atoms with van der Waals surface area (Å²) >= 11 is 0. The molecule has 2 N–H and O–H groups in total. The Labute approximate surface area is 137 Å². The molecule has 0 bridgehead atoms. The lowest BCUT2D eigenvalue weighted by Crippen LogP contribution is -2.27. The summed E-state index contributed by atoms with van der Waals surface area (Å²) in [6.45, 7) is 3.30. The van der Waals surface area contributed by atoms with Crippen molar-refractivity contribution in [2.45, 2.75) is 19.8 Å². The van der Waals surface area contributed by atoms with Crippen LogP contribution < -0.4 is 15.4 Å². The quantitative estimate of drug-likeness (QED) is 0.787. The van der Waals surface area contributed by atoms with Gasteiger partial charge in [0, 0.05) is 25.2 Å². The molecule has 0 unspecified atom stereocenters. The Morgan fingerprint density at radius 3 is 2.61 bits per heavy atom. The fourth-order valence-corrected chi connectivity index (χ4v) is 2.40. The highest BCUT2D eigenvalue weighted by Gasteiger charge is 2.05. The van der Waals surface area contributed by atoms with E-state index in [0.717, 1.165) is 23.4 Å². The van der Waals surface area contributed by atoms with Crippen molar-refractivity contribution >= 4 is 11.6 Å². The molecule has 4 heteroatoms. The minimum atomic E-state index is 0.0556. The molecule has 0 aliphatic heterocycles. The number of hydrogen-bond donors (Lipinski definition) is 2. The van der Waals surface area contributed by atoms with Gasteiger partial charge in [0.2, 0.25) is 5.91 Å². The van der Waals surface area contributed by atoms with E-state index >= 15 is 0 Å². The zero-order valence-corrected chi connectivity index (χ0v) is 13.8. The first-order chi connectivity index (χ1) is 11.2. The van der Waals surface area contributed by atoms with Crippen molar-refractivity contribution in [3.63, 3.8) is 0 Å². The SMILES string of the molecule is COc1ccc(C)cc1CCNC(=O)CCNc1ccccc1. The Hall–Kier alpha value is -2.49. The van der Waals surface area contributed by atoms with Crippen LogP contribution in [0.4, 0.5) is 5.69 Å². The number of ether oxygens (including phenoxy) is 1. The summed E-state index contributed by atoms with van der Waals surface area (Å²) in [6, 6.07) is 16.0. The average Bonchev–Trinajstić information content (AvgIpc) is 2.56. The number of rotatable bonds is 8. The van der Waals surface area contributed by atoms with Crippen LogP contribution in [0.15, 0.2) is 48.5 Å². The molecule has 23 heavy (non-hydrogen) atoms. The third-order valence-corrected chi connectivity index (χ3v) is 3.61. The van der Waals surface area contributed by atoms with Gasteiger partial charge in [0.05, 0.1) is 7.11 Å². The molecular weight excluding hydrogens is 288 g/mol. The van der Waals surface area contributed by atoms with Gasteiger partial charge >= 0.3 is 0 Å². The first kappa shape index (κ1) is 16.9. The van der Waals surface area contributed by atoms with E-state index in [9.17, 15) is 4.79 Å². The summed E-state index contributed by atoms with van der Waals surface area (Å²) < 4.78 is 5.35. The lowest BCUT2D eigenvalue weighted by atomic mass is 10.1. The summed E-state index contributed by atoms with van der Waals surface area (Å²) in [5.74, 6) is 0.927. The smallest absolute Gasteiger partial charge is 0.221 e. The summed E-state index contributed by atoms with van der Waals surface area (Å²) in [5.41, 5.74) is 3.35. The van der Waals surface area contributed by atoms with Crippen LogP contribution in [-0.4, -0.2) is 26.1 Å². The first-order valence-corrected chi connectivity index (χ1v) is 7.88. The zero-order chi connectivity index (χ0) is 16.5. The number of methoxy groups -OCH3 is 1. The Kier molecular flexibility index (Phi) is 6.48. The number of amides is 1. The molecule has 0 spiro atoms. The number of aryl methyl sites for hydroxylation is 1. The second-order valence-corrected chi connectivity index (χ2v) is 5.46. The summed E-state index contributed by atoms with van der Waals surface area (Å²) in [5, 5.41) is 6.18. The molecule has 0 aliphatic carbocycles. The van der Waals surface area contributed by atoms with Crippen molar-refractivity contribution in [2.75, 3.05) is 25.5 Å². The molecule has 2 aromatic rings. The summed E-state index contributed by atoms with van der Waals surface area (Å²) in [4.78, 5) is 11.9. The van der Waals surface area contributed by atoms with E-state index in [1.54, 1.807) is 7.11 Å². The van der Waals surface area contributed by atoms with E-state index in [2.05, 4.69) is 23.6 Å². The van der Waals surface area contributed by atoms with Crippen LogP contribution in [0.2, 0.25) is 0 Å². The maximum absolute atomic E-state index is 11.9. The van der Waals surface area contributed by atoms with Gasteiger partial charge in [-0.1, -0.05) is 35.9 Å². The monoisotopic (exact) mass is 312 g/mol. The molecule has 0 saturated carbocycles. The minimum absolute atomic E-state index is 0.0556. The van der Waals surface area contributed by atoms with Crippen molar-refractivity contribution < 1.29 is 9.53 Å². The number of anilines is 1. The van der Waals surface area contributed by atoms with Gasteiger partial charge in [-0.05, 0) is 37.1 Å². The second-order valence-electron chi connectivity index (χ2n) is 5.46. The fourth-order valence-electron chi connectivity index (χ4n) is 2.40. The summed E-state index contributed by atoms with van der Waals surface area (Å²) in [6.07, 6.45) is 1.22. The standard InChI is InChI=1S/C19H24N2O2/c1-15-8-9-18(23-2)16(14-15)10-12-21-19(22)11-13-20-17-6-4-3-5-7-17/h3-9,14,20H,10-13H2,1-2H3,(H,21,22). The fraction of sp³-hybridized carbons (Fsp3) is 0.316. The molecular formula is C19H24N2O2. The van der Waals surface area contributed by atoms with Crippen LogP contribution in [0.5, 0.6) is 5.75 Å². The number of benzene rings is 2. The molecule has 0 saturated heterocycles. The normalized spacial score (nSPS) is 10.2. The number of carbonyl (C=O) groups is 1. The Morgan fingerprint density at radius 1 is 1.09 bits per heavy atom. The molecule has 0 aliphatic rings. The van der Waals surface area contributed by atoms with Crippen molar-refractivity contribution in [3.05, 3.63) is 59.7 Å². The highest BCUT2D eigenvalue weighted by Crippen LogP contribution is 2.19. The Bertz CT molecular complexity index is 627. The molecule has 0 aromatic heterocycles. The van der Waals surface area contributed by atoms with E-state index in [1.165, 1.54) is 5.56 Å². The van der Waals surface area contributed by atoms with Gasteiger partial charge in [-0.3, -0.25) is 4.79 Å². The van der Waals surface area contributed by atoms with Crippen molar-refractivity contribution in [2.24, 2.45) is 0 Å². The van der Waals surface area contributed by atoms with Crippen LogP contribution in [0.3, 0.4) is 0 Å². The van der Waals surface area contributed by atoms with Gasteiger partial charge in [-0.25, -0.2) is 0 Å². The van der Waals surface area contributed by atoms with Gasteiger partial charge in [0.15, 0.2) is 0 Å². The van der Waals surface area contributed by atoms with Crippen LogP contribution in [0.25, 0.3) is 0 Å². The van der Waals surface area contributed by atoms with Crippen LogP contribution in [0, 0.1) is 6.92 Å². The number of hydrogen-bond acceptors (Lipinski definition) is 3. The van der Waals surface area contributed by atoms with E-state index in [0.29, 0.717) is 19.5 Å². The highest BCUT2D eigenvalue weighted by atomic mass is 16.5. The lowest BCUT2D eigenvalue weighted by molar-refractivity contribution is -0.120. The molecule has 4 nitrogen and oxygen atoms in total. The molecule has 0 radical (unpaired) electrons. The van der Waals surface area contributed by atoms with Crippen molar-refractivity contribution in [1.82, 2.24) is 5.32 Å². The minimum Gasteiger partial charge on any atom is -0.496 e. The van der Waals surface area contributed by atoms with Gasteiger partial charge < -0.3 is 15.4 Å².